The van der Waals surface area contributed by atoms with Gasteiger partial charge in [-0.25, -0.2) is 14.4 Å². The van der Waals surface area contributed by atoms with Crippen molar-refractivity contribution in [1.29, 1.82) is 5.41 Å². The summed E-state index contributed by atoms with van der Waals surface area (Å²) in [7, 11) is 0. The number of rotatable bonds is 47. The zero-order chi connectivity index (χ0) is 108. The Kier molecular flexibility index (Phi) is 38.6. The van der Waals surface area contributed by atoms with Gasteiger partial charge >= 0.3 is 30.0 Å². The average molecular weight is 2050 g/mol. The van der Waals surface area contributed by atoms with Gasteiger partial charge in [-0.05, 0) is 146 Å². The number of anilines is 1. The molecule has 44 heteroatoms. The third-order valence-electron chi connectivity index (χ3n) is 26.9. The molecule has 148 heavy (non-hydrogen) atoms. The van der Waals surface area contributed by atoms with E-state index in [9.17, 15) is 108 Å². The van der Waals surface area contributed by atoms with Crippen molar-refractivity contribution in [2.75, 3.05) is 44.8 Å². The first-order valence-corrected chi connectivity index (χ1v) is 48.2. The lowest BCUT2D eigenvalue weighted by molar-refractivity contribution is -0.346. The maximum Gasteiger partial charge on any atom is 0.509 e. The molecule has 792 valence electrons. The summed E-state index contributed by atoms with van der Waals surface area (Å²) in [5.41, 5.74) is -2.35. The topological polar surface area (TPSA) is 670 Å². The predicted octanol–water partition coefficient (Wildman–Crippen LogP) is 2.10. The average Bonchev–Trinajstić information content (AvgIpc) is 0.716. The summed E-state index contributed by atoms with van der Waals surface area (Å²) in [6.07, 6.45) is -11.2. The number of hydrogen-bond donors (Lipinski definition) is 19. The van der Waals surface area contributed by atoms with Crippen LogP contribution in [0.5, 0.6) is 11.5 Å². The molecule has 6 aromatic carbocycles. The van der Waals surface area contributed by atoms with Gasteiger partial charge in [-0.2, -0.15) is 0 Å². The highest BCUT2D eigenvalue weighted by Crippen LogP contribution is 2.65. The number of imide groups is 1. The molecule has 1 saturated heterocycles. The second kappa shape index (κ2) is 50.6. The molecule has 2 heterocycles. The van der Waals surface area contributed by atoms with E-state index in [1.807, 2.05) is 0 Å². The number of phenolic OH excluding ortho intramolecular Hbond substituents is 2. The van der Waals surface area contributed by atoms with Crippen molar-refractivity contribution in [3.63, 3.8) is 0 Å². The molecule has 11 amide bonds. The number of unbranched alkanes of at least 4 members (excludes halogenated alkanes) is 2. The summed E-state index contributed by atoms with van der Waals surface area (Å²) in [5, 5.41) is 112. The van der Waals surface area contributed by atoms with Crippen LogP contribution < -0.4 is 58.9 Å². The first-order chi connectivity index (χ1) is 70.3. The van der Waals surface area contributed by atoms with Crippen LogP contribution in [0.4, 0.5) is 10.5 Å². The summed E-state index contributed by atoms with van der Waals surface area (Å²) in [5.74, 6) is -18.2. The lowest BCUT2D eigenvalue weighted by Crippen LogP contribution is -2.82. The van der Waals surface area contributed by atoms with Crippen molar-refractivity contribution in [2.24, 2.45) is 28.4 Å². The van der Waals surface area contributed by atoms with Crippen LogP contribution in [0.1, 0.15) is 162 Å². The number of amides is 11. The van der Waals surface area contributed by atoms with Gasteiger partial charge in [-0.1, -0.05) is 137 Å². The number of phenols is 2. The van der Waals surface area contributed by atoms with E-state index >= 15 is 9.59 Å². The number of aliphatic hydroxyl groups is 5. The van der Waals surface area contributed by atoms with Gasteiger partial charge in [0.05, 0.1) is 49.4 Å². The number of aliphatic hydroxyl groups excluding tert-OH is 4. The number of fused-ring (bicyclic) bond motifs is 5. The van der Waals surface area contributed by atoms with Crippen LogP contribution in [-0.2, 0) is 120 Å². The summed E-state index contributed by atoms with van der Waals surface area (Å²) in [6, 6.07) is 25.6. The van der Waals surface area contributed by atoms with Gasteiger partial charge in [0, 0.05) is 87.9 Å². The van der Waals surface area contributed by atoms with E-state index in [1.165, 1.54) is 149 Å². The van der Waals surface area contributed by atoms with Gasteiger partial charge in [0.25, 0.3) is 17.7 Å². The number of carbonyl (C=O) groups excluding carboxylic acids is 17. The Hall–Kier alpha value is -15.4. The molecule has 5 aliphatic rings. The maximum absolute atomic E-state index is 16.1. The molecule has 20 N–H and O–H groups in total. The fourth-order valence-electron chi connectivity index (χ4n) is 19.0. The largest absolute Gasteiger partial charge is 0.509 e. The fourth-order valence-corrected chi connectivity index (χ4v) is 19.0. The number of hydrogen-bond acceptors (Lipinski definition) is 32. The molecule has 3 fully saturated rings. The number of nitrogens with zero attached hydrogens (tertiary/aromatic N) is 1. The van der Waals surface area contributed by atoms with Gasteiger partial charge in [-0.15, -0.1) is 0 Å². The Labute approximate surface area is 851 Å². The molecule has 44 nitrogen and oxygen atoms in total. The first kappa shape index (κ1) is 113. The first-order valence-electron chi connectivity index (χ1n) is 48.2. The lowest BCUT2D eigenvalue weighted by Gasteiger charge is -2.67. The van der Waals surface area contributed by atoms with E-state index in [2.05, 4.69) is 53.2 Å². The minimum atomic E-state index is -2.63. The Morgan fingerprint density at radius 3 is 1.57 bits per heavy atom. The highest BCUT2D eigenvalue weighted by molar-refractivity contribution is 6.13. The highest BCUT2D eigenvalue weighted by Gasteiger charge is 2.79. The molecule has 18 atom stereocenters. The van der Waals surface area contributed by atoms with Crippen LogP contribution in [0.25, 0.3) is 0 Å². The molecule has 2 bridgehead atoms. The van der Waals surface area contributed by atoms with E-state index in [1.54, 1.807) is 56.3 Å². The number of ether oxygens (including phenoxy) is 7. The zero-order valence-electron chi connectivity index (χ0n) is 82.7. The quantitative estimate of drug-likeness (QED) is 0.00495. The van der Waals surface area contributed by atoms with Gasteiger partial charge in [0.15, 0.2) is 23.4 Å². The smallest absolute Gasteiger partial charge is 0.508 e. The number of nitrogens with two attached hydrogens (primary N) is 1. The lowest BCUT2D eigenvalue weighted by atomic mass is 9.44. The second-order valence-electron chi connectivity index (χ2n) is 38.0. The van der Waals surface area contributed by atoms with E-state index in [-0.39, 0.29) is 120 Å². The number of guanidine groups is 1. The summed E-state index contributed by atoms with van der Waals surface area (Å²) in [4.78, 5) is 242. The highest BCUT2D eigenvalue weighted by atomic mass is 16.7. The molecule has 6 aromatic rings. The van der Waals surface area contributed by atoms with Crippen LogP contribution in [0, 0.1) is 28.1 Å². The third kappa shape index (κ3) is 27.9. The van der Waals surface area contributed by atoms with Crippen molar-refractivity contribution < 1.29 is 150 Å². The van der Waals surface area contributed by atoms with Crippen molar-refractivity contribution >= 4 is 112 Å². The van der Waals surface area contributed by atoms with Crippen LogP contribution in [0.3, 0.4) is 0 Å². The predicted molar refractivity (Wildman–Crippen MR) is 523 cm³/mol. The van der Waals surface area contributed by atoms with Crippen molar-refractivity contribution in [1.82, 2.24) is 52.8 Å². The molecule has 0 aromatic heterocycles. The summed E-state index contributed by atoms with van der Waals surface area (Å²) < 4.78 is 42.9. The number of Topliss-reactive ketones (excluding diaryl/α,β-unsaturated/α-hetero) is 1. The molecular formula is C104H125N13O31. The zero-order valence-corrected chi connectivity index (χ0v) is 82.7. The molecule has 2 aliphatic heterocycles. The van der Waals surface area contributed by atoms with Crippen molar-refractivity contribution in [3.8, 4) is 11.5 Å². The van der Waals surface area contributed by atoms with Crippen LogP contribution in [0.2, 0.25) is 0 Å². The van der Waals surface area contributed by atoms with Crippen molar-refractivity contribution in [2.45, 2.75) is 229 Å². The minimum Gasteiger partial charge on any atom is -0.508 e. The van der Waals surface area contributed by atoms with Crippen LogP contribution >= 0.6 is 0 Å². The SMILES string of the molecule is CC(=O)O[C@H]1C(=O)[C@@]2(C)C([C@H](OC(=O)c3ccccc3)[C@]3(O)C[C@H](OC(=O)[C@H](OC(=O)OCc4ccc(NC(=O)[C@H](CC(C)C)NC(=O)[C@H](CO)NC(=O)[C@H](Cc5ccc(O)cc5)NC(=O)[C@H](Cc5ccc(O)cc5)NC(=O)[C@H](CO)NC(=O)[C@H](CO)NC(=O)[C@H](CCCNC(=N)N)NC(=O)CCCCCN5C(=O)C=CC5=O)cc4)[C@@H](NC(=O)c4ccccc4)c4ccccc4)C(C)=C1C3(C)C)[C@]1(OC(C)=O)CO[C@@H]1C[C@@H]2O. The van der Waals surface area contributed by atoms with E-state index in [4.69, 9.17) is 44.3 Å². The normalized spacial score (nSPS) is 21.7. The standard InChI is InChI=1S/C104H125N13O31/c1-56(2)46-70(110-94(135)73(51-118)114-93(134)72(48-61-34-40-68(124)41-35-61)111-92(133)71(47-60-32-38-67(123)39-33-60)112-95(136)74(52-119)115-96(137)75(53-120)113-90(131)69(28-21-44-107-99(105)106)109-79(126)29-19-12-20-45-117-80(127)42-43-81(117)128)91(132)108-66-36-30-62(31-37-66)54-142-100(140)146-85(83(63-22-13-9-14-23-63)116-89(130)64-24-15-10-16-25-64)98(139)145-76-50-104(141)88(147-97(138)65-26-17-11-18-27-65)86-102(8,77(125)49-78-103(86,55-143-78)148-59(5)122)87(129)84(144-58(4)121)82(57(76)3)101(104,6)7/h9-11,13-18,22-27,30-43,56,69-78,83-86,88,118-120,123-125,141H,12,19-21,28-29,44-55H2,1-8H3,(H,108,132)(H,109,126)(H,110,135)(H,111,133)(H,112,136)(H,113,131)(H,114,134)(H,115,137)(H,116,130)(H4,105,106,107)/t69-,70-,71-,72-,73-,74-,75-,76-,77-,78+,83-,84+,85+,86?,88-,102+,103-,104+/m0/s1. The van der Waals surface area contributed by atoms with Gasteiger partial charge in [0.1, 0.15) is 90.4 Å². The van der Waals surface area contributed by atoms with Crippen LogP contribution in [-0.4, -0.2) is 277 Å². The maximum atomic E-state index is 16.1. The molecule has 0 spiro atoms. The summed E-state index contributed by atoms with van der Waals surface area (Å²) >= 11 is 0. The number of ketones is 1. The number of esters is 4. The van der Waals surface area contributed by atoms with Crippen LogP contribution in [0.15, 0.2) is 187 Å². The molecule has 11 rings (SSSR count). The second-order valence-corrected chi connectivity index (χ2v) is 38.0. The fraction of sp³-hybridized carbons (Fsp3) is 0.442. The number of benzene rings is 6. The Balaban J connectivity index is 0.782. The molecule has 3 aliphatic carbocycles. The van der Waals surface area contributed by atoms with E-state index < -0.39 is 266 Å². The van der Waals surface area contributed by atoms with Gasteiger partial charge in [-0.3, -0.25) is 77.4 Å². The van der Waals surface area contributed by atoms with Gasteiger partial charge in [0.2, 0.25) is 53.4 Å². The molecule has 1 unspecified atom stereocenters. The van der Waals surface area contributed by atoms with Crippen molar-refractivity contribution in [3.05, 3.63) is 220 Å². The Morgan fingerprint density at radius 1 is 0.568 bits per heavy atom. The molecular weight excluding hydrogens is 1930 g/mol. The van der Waals surface area contributed by atoms with E-state index in [0.717, 1.165) is 30.9 Å². The Morgan fingerprint density at radius 2 is 1.07 bits per heavy atom. The van der Waals surface area contributed by atoms with Gasteiger partial charge < -0.3 is 128 Å². The third-order valence-corrected chi connectivity index (χ3v) is 26.9. The monoisotopic (exact) mass is 2050 g/mol. The number of carbonyl (C=O) groups is 17. The summed E-state index contributed by atoms with van der Waals surface area (Å²) in [6.45, 7) is 7.00. The van der Waals surface area contributed by atoms with E-state index in [0.29, 0.717) is 18.4 Å². The minimum absolute atomic E-state index is 0.00634. The number of aromatic hydroxyl groups is 2. The molecule has 0 radical (unpaired) electrons. The Bertz CT molecular complexity index is 5900. The number of nitrogens with one attached hydrogen (secondary N) is 11. The molecule has 2 saturated carbocycles.